The van der Waals surface area contributed by atoms with E-state index in [1.807, 2.05) is 23.9 Å². The first kappa shape index (κ1) is 34.1. The molecule has 1 aromatic heterocycles. The van der Waals surface area contributed by atoms with Gasteiger partial charge in [-0.05, 0) is 86.0 Å². The second-order valence-electron chi connectivity index (χ2n) is 14.8. The van der Waals surface area contributed by atoms with Crippen molar-refractivity contribution in [3.63, 3.8) is 0 Å². The average molecular weight is 758 g/mol. The van der Waals surface area contributed by atoms with Gasteiger partial charge in [-0.15, -0.1) is 0 Å². The molecule has 11 rings (SSSR count). The molecule has 0 saturated heterocycles. The maximum Gasteiger partial charge on any atom is 0.164 e. The molecule has 0 unspecified atom stereocenters. The Bertz CT molecular complexity index is 2900. The lowest BCUT2D eigenvalue weighted by Crippen LogP contribution is -2.35. The van der Waals surface area contributed by atoms with Crippen LogP contribution in [-0.4, -0.2) is 15.0 Å². The molecule has 58 heavy (non-hydrogen) atoms. The van der Waals surface area contributed by atoms with Gasteiger partial charge >= 0.3 is 0 Å². The Kier molecular flexibility index (Phi) is 8.30. The third-order valence-corrected chi connectivity index (χ3v) is 12.6. The van der Waals surface area contributed by atoms with Crippen molar-refractivity contribution in [2.45, 2.75) is 15.2 Å². The van der Waals surface area contributed by atoms with Crippen molar-refractivity contribution in [3.8, 4) is 56.4 Å². The summed E-state index contributed by atoms with van der Waals surface area (Å²) in [6.07, 6.45) is 4.54. The molecular weight excluding hydrogens is 723 g/mol. The topological polar surface area (TPSA) is 38.7 Å². The van der Waals surface area contributed by atoms with Crippen molar-refractivity contribution in [2.75, 3.05) is 0 Å². The summed E-state index contributed by atoms with van der Waals surface area (Å²) in [6.45, 7) is 0. The quantitative estimate of drug-likeness (QED) is 0.175. The Hall–Kier alpha value is -7.14. The zero-order chi connectivity index (χ0) is 38.5. The molecule has 0 atom stereocenters. The van der Waals surface area contributed by atoms with Crippen molar-refractivity contribution < 1.29 is 0 Å². The van der Waals surface area contributed by atoms with Crippen molar-refractivity contribution in [1.29, 1.82) is 0 Å². The van der Waals surface area contributed by atoms with Gasteiger partial charge in [-0.1, -0.05) is 194 Å². The summed E-state index contributed by atoms with van der Waals surface area (Å²) in [5.74, 6) is 1.88. The summed E-state index contributed by atoms with van der Waals surface area (Å²) in [5.41, 5.74) is 14.1. The first-order valence-corrected chi connectivity index (χ1v) is 20.4. The van der Waals surface area contributed by atoms with E-state index in [4.69, 9.17) is 15.0 Å². The highest BCUT2D eigenvalue weighted by molar-refractivity contribution is 7.99. The second kappa shape index (κ2) is 14.1. The normalized spacial score (nSPS) is 13.2. The van der Waals surface area contributed by atoms with E-state index < -0.39 is 5.41 Å². The molecule has 0 fully saturated rings. The Morgan fingerprint density at radius 1 is 0.293 bits per heavy atom. The molecular formula is C54H35N3S. The molecule has 8 aromatic carbocycles. The van der Waals surface area contributed by atoms with Crippen LogP contribution in [0.2, 0.25) is 0 Å². The lowest BCUT2D eigenvalue weighted by Gasteiger charge is -2.42. The highest BCUT2D eigenvalue weighted by atomic mass is 32.2. The van der Waals surface area contributed by atoms with Gasteiger partial charge in [-0.2, -0.15) is 0 Å². The smallest absolute Gasteiger partial charge is 0.164 e. The van der Waals surface area contributed by atoms with Crippen LogP contribution in [0.4, 0.5) is 0 Å². The van der Waals surface area contributed by atoms with Crippen molar-refractivity contribution >= 4 is 23.9 Å². The van der Waals surface area contributed by atoms with Crippen LogP contribution in [0.25, 0.3) is 68.6 Å². The van der Waals surface area contributed by atoms with E-state index in [0.29, 0.717) is 17.5 Å². The first-order chi connectivity index (χ1) is 28.7. The Balaban J connectivity index is 1.16. The van der Waals surface area contributed by atoms with E-state index in [0.717, 1.165) is 44.5 Å². The second-order valence-corrected chi connectivity index (χ2v) is 15.9. The zero-order valence-corrected chi connectivity index (χ0v) is 32.3. The summed E-state index contributed by atoms with van der Waals surface area (Å²) in [5, 5.41) is 0. The maximum absolute atomic E-state index is 5.31. The van der Waals surface area contributed by atoms with Gasteiger partial charge in [0.15, 0.2) is 17.5 Å². The van der Waals surface area contributed by atoms with Crippen molar-refractivity contribution in [3.05, 3.63) is 234 Å². The molecule has 2 heterocycles. The fraction of sp³-hybridized carbons (Fsp3) is 0.0185. The van der Waals surface area contributed by atoms with Crippen LogP contribution in [0, 0.1) is 0 Å². The predicted molar refractivity (Wildman–Crippen MR) is 238 cm³/mol. The van der Waals surface area contributed by atoms with E-state index >= 15 is 0 Å². The molecule has 3 nitrogen and oxygen atoms in total. The molecule has 0 saturated carbocycles. The summed E-state index contributed by atoms with van der Waals surface area (Å²) in [4.78, 5) is 18.3. The van der Waals surface area contributed by atoms with Gasteiger partial charge in [0.05, 0.1) is 5.41 Å². The van der Waals surface area contributed by atoms with Gasteiger partial charge in [0.25, 0.3) is 0 Å². The van der Waals surface area contributed by atoms with Gasteiger partial charge in [-0.25, -0.2) is 15.0 Å². The number of hydrogen-bond donors (Lipinski definition) is 0. The van der Waals surface area contributed by atoms with Crippen LogP contribution in [0.15, 0.2) is 210 Å². The summed E-state index contributed by atoms with van der Waals surface area (Å²) in [7, 11) is 0. The summed E-state index contributed by atoms with van der Waals surface area (Å²) >= 11 is 1.85. The number of aromatic nitrogens is 3. The van der Waals surface area contributed by atoms with Crippen LogP contribution in [0.5, 0.6) is 0 Å². The minimum absolute atomic E-state index is 0.587. The number of benzene rings is 8. The van der Waals surface area contributed by atoms with Crippen LogP contribution in [0.1, 0.15) is 33.4 Å². The third-order valence-electron chi connectivity index (χ3n) is 11.4. The lowest BCUT2D eigenvalue weighted by atomic mass is 9.63. The van der Waals surface area contributed by atoms with Gasteiger partial charge < -0.3 is 0 Å². The van der Waals surface area contributed by atoms with Crippen molar-refractivity contribution in [2.24, 2.45) is 0 Å². The van der Waals surface area contributed by atoms with E-state index in [1.165, 1.54) is 37.6 Å². The lowest BCUT2D eigenvalue weighted by molar-refractivity contribution is 0.701. The van der Waals surface area contributed by atoms with Gasteiger partial charge in [0, 0.05) is 26.5 Å². The fourth-order valence-electron chi connectivity index (χ4n) is 8.75. The van der Waals surface area contributed by atoms with E-state index in [2.05, 4.69) is 200 Å². The summed E-state index contributed by atoms with van der Waals surface area (Å²) < 4.78 is 0. The molecule has 0 radical (unpaired) electrons. The minimum Gasteiger partial charge on any atom is -0.208 e. The van der Waals surface area contributed by atoms with E-state index in [1.54, 1.807) is 0 Å². The highest BCUT2D eigenvalue weighted by Gasteiger charge is 2.46. The number of fused-ring (bicyclic) bond motifs is 8. The molecule has 0 N–H and O–H groups in total. The van der Waals surface area contributed by atoms with Gasteiger partial charge in [-0.3, -0.25) is 0 Å². The molecule has 4 heteroatoms. The van der Waals surface area contributed by atoms with E-state index in [-0.39, 0.29) is 0 Å². The van der Waals surface area contributed by atoms with Crippen LogP contribution in [0.3, 0.4) is 0 Å². The number of hydrogen-bond acceptors (Lipinski definition) is 4. The fourth-order valence-corrected chi connectivity index (χ4v) is 9.94. The van der Waals surface area contributed by atoms with Gasteiger partial charge in [0.1, 0.15) is 0 Å². The largest absolute Gasteiger partial charge is 0.208 e. The molecule has 9 aromatic rings. The third kappa shape index (κ3) is 5.72. The highest BCUT2D eigenvalue weighted by Crippen LogP contribution is 2.58. The average Bonchev–Trinajstić information content (AvgIpc) is 3.44. The molecule has 2 aliphatic rings. The van der Waals surface area contributed by atoms with Crippen LogP contribution < -0.4 is 0 Å². The maximum atomic E-state index is 5.31. The van der Waals surface area contributed by atoms with Crippen molar-refractivity contribution in [1.82, 2.24) is 15.0 Å². The van der Waals surface area contributed by atoms with Crippen LogP contribution >= 0.6 is 11.8 Å². The van der Waals surface area contributed by atoms with Crippen LogP contribution in [-0.2, 0) is 5.41 Å². The number of nitrogens with zero attached hydrogens (tertiary/aromatic N) is 3. The molecule has 0 amide bonds. The molecule has 1 aliphatic heterocycles. The Morgan fingerprint density at radius 3 is 1.26 bits per heavy atom. The molecule has 1 spiro atoms. The zero-order valence-electron chi connectivity index (χ0n) is 31.5. The molecule has 272 valence electrons. The number of rotatable bonds is 5. The Morgan fingerprint density at radius 2 is 0.707 bits per heavy atom. The Labute approximate surface area is 342 Å². The monoisotopic (exact) mass is 757 g/mol. The first-order valence-electron chi connectivity index (χ1n) is 19.6. The molecule has 0 bridgehead atoms. The standard InChI is InChI=1S/C54H35N3S/c1-3-15-36(16-4-1)40-20-13-22-42(33-40)51-55-52(43-23-14-21-41(34-43)37-17-5-2-6-18-37)57-53(56-51)44-32-31-39-30-29-38-19-7-8-24-45(38)54(48(39)35-44)46-25-9-11-27-49(46)58-50-28-12-10-26-47(50)54/h1-35H. The minimum atomic E-state index is -0.587. The summed E-state index contributed by atoms with van der Waals surface area (Å²) in [6, 6.07) is 71.4. The predicted octanol–water partition coefficient (Wildman–Crippen LogP) is 13.5. The SMILES string of the molecule is C1=Cc2ccc(-c3nc(-c4cccc(-c5ccccc5)c4)nc(-c4cccc(-c5ccccc5)c4)n3)cc2C2(c3ccccc31)c1ccccc1Sc1ccccc12. The van der Waals surface area contributed by atoms with E-state index in [9.17, 15) is 0 Å². The molecule has 1 aliphatic carbocycles. The van der Waals surface area contributed by atoms with Gasteiger partial charge in [0.2, 0.25) is 0 Å².